The van der Waals surface area contributed by atoms with Crippen LogP contribution in [-0.4, -0.2) is 40.3 Å². The third-order valence-electron chi connectivity index (χ3n) is 2.52. The maximum atomic E-state index is 10.8. The molecule has 1 aromatic rings. The number of carboxylic acid groups (broad SMARTS) is 1. The van der Waals surface area contributed by atoms with Gasteiger partial charge in [0.25, 0.3) is 0 Å². The molecule has 0 bridgehead atoms. The smallest absolute Gasteiger partial charge is 0.317 e. The van der Waals surface area contributed by atoms with E-state index in [2.05, 4.69) is 5.16 Å². The van der Waals surface area contributed by atoms with Gasteiger partial charge in [0, 0.05) is 25.3 Å². The molecular weight excluding hydrogens is 236 g/mol. The van der Waals surface area contributed by atoms with Crippen LogP contribution in [-0.2, 0) is 22.7 Å². The van der Waals surface area contributed by atoms with Crippen LogP contribution in [0.1, 0.15) is 32.2 Å². The monoisotopic (exact) mass is 256 g/mol. The molecule has 0 spiro atoms. The van der Waals surface area contributed by atoms with Crippen molar-refractivity contribution in [2.24, 2.45) is 0 Å². The lowest BCUT2D eigenvalue weighted by atomic mass is 10.1. The second-order valence-electron chi connectivity index (χ2n) is 5.14. The Kier molecular flexibility index (Phi) is 4.86. The first-order valence-electron chi connectivity index (χ1n) is 5.73. The third-order valence-corrected chi connectivity index (χ3v) is 2.52. The van der Waals surface area contributed by atoms with Gasteiger partial charge in [0.15, 0.2) is 5.76 Å². The van der Waals surface area contributed by atoms with E-state index in [1.54, 1.807) is 13.2 Å². The number of carbonyl (C=O) groups is 1. The molecule has 0 saturated carbocycles. The van der Waals surface area contributed by atoms with Crippen molar-refractivity contribution in [3.8, 4) is 0 Å². The van der Waals surface area contributed by atoms with Gasteiger partial charge in [0.2, 0.25) is 0 Å². The van der Waals surface area contributed by atoms with Gasteiger partial charge in [0.05, 0.1) is 12.2 Å². The SMILES string of the molecule is COCc1cc(CN(CC(=O)O)C(C)(C)C)no1. The van der Waals surface area contributed by atoms with Gasteiger partial charge in [-0.2, -0.15) is 0 Å². The summed E-state index contributed by atoms with van der Waals surface area (Å²) in [5.74, 6) is -0.220. The molecule has 1 heterocycles. The minimum absolute atomic E-state index is 0.0318. The van der Waals surface area contributed by atoms with Gasteiger partial charge < -0.3 is 14.4 Å². The first-order chi connectivity index (χ1) is 8.32. The van der Waals surface area contributed by atoms with Gasteiger partial charge >= 0.3 is 5.97 Å². The van der Waals surface area contributed by atoms with E-state index < -0.39 is 5.97 Å². The molecular formula is C12H20N2O4. The van der Waals surface area contributed by atoms with Crippen molar-refractivity contribution >= 4 is 5.97 Å². The lowest BCUT2D eigenvalue weighted by Gasteiger charge is -2.33. The summed E-state index contributed by atoms with van der Waals surface area (Å²) in [6.45, 7) is 6.66. The molecule has 1 rings (SSSR count). The number of hydrogen-bond donors (Lipinski definition) is 1. The Labute approximate surface area is 107 Å². The van der Waals surface area contributed by atoms with Crippen LogP contribution < -0.4 is 0 Å². The van der Waals surface area contributed by atoms with Gasteiger partial charge in [-0.1, -0.05) is 5.16 Å². The standard InChI is InChI=1S/C12H20N2O4/c1-12(2,3)14(7-11(15)16)6-9-5-10(8-17-4)18-13-9/h5H,6-8H2,1-4H3,(H,15,16). The summed E-state index contributed by atoms with van der Waals surface area (Å²) in [5.41, 5.74) is 0.455. The van der Waals surface area contributed by atoms with E-state index in [4.69, 9.17) is 14.4 Å². The number of nitrogens with zero attached hydrogens (tertiary/aromatic N) is 2. The molecule has 1 N–H and O–H groups in total. The van der Waals surface area contributed by atoms with Crippen LogP contribution in [0.4, 0.5) is 0 Å². The second kappa shape index (κ2) is 5.97. The average molecular weight is 256 g/mol. The zero-order chi connectivity index (χ0) is 13.8. The van der Waals surface area contributed by atoms with E-state index in [0.717, 1.165) is 0 Å². The highest BCUT2D eigenvalue weighted by Crippen LogP contribution is 2.17. The zero-order valence-corrected chi connectivity index (χ0v) is 11.3. The fourth-order valence-corrected chi connectivity index (χ4v) is 1.53. The first-order valence-corrected chi connectivity index (χ1v) is 5.73. The van der Waals surface area contributed by atoms with Gasteiger partial charge in [-0.3, -0.25) is 9.69 Å². The highest BCUT2D eigenvalue weighted by atomic mass is 16.5. The molecule has 0 saturated heterocycles. The predicted molar refractivity (Wildman–Crippen MR) is 65.0 cm³/mol. The Balaban J connectivity index is 2.72. The lowest BCUT2D eigenvalue weighted by Crippen LogP contribution is -2.43. The Morgan fingerprint density at radius 1 is 1.56 bits per heavy atom. The van der Waals surface area contributed by atoms with Gasteiger partial charge in [-0.05, 0) is 20.8 Å². The fourth-order valence-electron chi connectivity index (χ4n) is 1.53. The molecule has 0 fully saturated rings. The lowest BCUT2D eigenvalue weighted by molar-refractivity contribution is -0.140. The van der Waals surface area contributed by atoms with E-state index >= 15 is 0 Å². The molecule has 0 aromatic carbocycles. The number of aliphatic carboxylic acids is 1. The number of rotatable bonds is 6. The Morgan fingerprint density at radius 3 is 2.72 bits per heavy atom. The first kappa shape index (κ1) is 14.7. The minimum Gasteiger partial charge on any atom is -0.480 e. The van der Waals surface area contributed by atoms with Gasteiger partial charge in [-0.15, -0.1) is 0 Å². The summed E-state index contributed by atoms with van der Waals surface area (Å²) in [4.78, 5) is 12.7. The molecule has 1 aromatic heterocycles. The highest BCUT2D eigenvalue weighted by Gasteiger charge is 2.24. The van der Waals surface area contributed by atoms with Gasteiger partial charge in [-0.25, -0.2) is 0 Å². The number of carboxylic acids is 1. The van der Waals surface area contributed by atoms with E-state index in [1.165, 1.54) is 0 Å². The van der Waals surface area contributed by atoms with Crippen molar-refractivity contribution in [1.29, 1.82) is 0 Å². The number of aromatic nitrogens is 1. The molecule has 0 aliphatic rings. The summed E-state index contributed by atoms with van der Waals surface area (Å²) < 4.78 is 10.0. The van der Waals surface area contributed by atoms with Crippen molar-refractivity contribution in [1.82, 2.24) is 10.1 Å². The molecule has 102 valence electrons. The van der Waals surface area contributed by atoms with Crippen LogP contribution in [0, 0.1) is 0 Å². The molecule has 0 aliphatic heterocycles. The number of methoxy groups -OCH3 is 1. The molecule has 0 atom stereocenters. The summed E-state index contributed by atoms with van der Waals surface area (Å²) in [5, 5.41) is 12.8. The van der Waals surface area contributed by atoms with E-state index in [-0.39, 0.29) is 12.1 Å². The molecule has 0 aliphatic carbocycles. The maximum Gasteiger partial charge on any atom is 0.317 e. The molecule has 0 amide bonds. The maximum absolute atomic E-state index is 10.8. The van der Waals surface area contributed by atoms with Crippen LogP contribution >= 0.6 is 0 Å². The van der Waals surface area contributed by atoms with E-state index in [1.807, 2.05) is 25.7 Å². The van der Waals surface area contributed by atoms with E-state index in [0.29, 0.717) is 24.6 Å². The predicted octanol–water partition coefficient (Wildman–Crippen LogP) is 1.51. The largest absolute Gasteiger partial charge is 0.480 e. The Bertz CT molecular complexity index is 395. The molecule has 0 unspecified atom stereocenters. The van der Waals surface area contributed by atoms with Crippen molar-refractivity contribution in [3.63, 3.8) is 0 Å². The van der Waals surface area contributed by atoms with Crippen molar-refractivity contribution in [3.05, 3.63) is 17.5 Å². The Hall–Kier alpha value is -1.40. The summed E-state index contributed by atoms with van der Waals surface area (Å²) >= 11 is 0. The molecule has 6 heteroatoms. The van der Waals surface area contributed by atoms with Crippen molar-refractivity contribution in [2.45, 2.75) is 39.5 Å². The normalized spacial score (nSPS) is 12.1. The Morgan fingerprint density at radius 2 is 2.22 bits per heavy atom. The molecule has 0 radical (unpaired) electrons. The second-order valence-corrected chi connectivity index (χ2v) is 5.14. The number of hydrogen-bond acceptors (Lipinski definition) is 5. The number of ether oxygens (including phenoxy) is 1. The molecule has 6 nitrogen and oxygen atoms in total. The van der Waals surface area contributed by atoms with Crippen LogP contribution in [0.5, 0.6) is 0 Å². The highest BCUT2D eigenvalue weighted by molar-refractivity contribution is 5.69. The topological polar surface area (TPSA) is 75.8 Å². The fraction of sp³-hybridized carbons (Fsp3) is 0.667. The van der Waals surface area contributed by atoms with Crippen molar-refractivity contribution in [2.75, 3.05) is 13.7 Å². The van der Waals surface area contributed by atoms with E-state index in [9.17, 15) is 4.79 Å². The van der Waals surface area contributed by atoms with Crippen LogP contribution in [0.25, 0.3) is 0 Å². The van der Waals surface area contributed by atoms with Crippen LogP contribution in [0.15, 0.2) is 10.6 Å². The quantitative estimate of drug-likeness (QED) is 0.831. The zero-order valence-electron chi connectivity index (χ0n) is 11.3. The minimum atomic E-state index is -0.856. The van der Waals surface area contributed by atoms with Crippen LogP contribution in [0.2, 0.25) is 0 Å². The summed E-state index contributed by atoms with van der Waals surface area (Å²) in [7, 11) is 1.58. The summed E-state index contributed by atoms with van der Waals surface area (Å²) in [6.07, 6.45) is 0. The van der Waals surface area contributed by atoms with Gasteiger partial charge in [0.1, 0.15) is 6.61 Å². The van der Waals surface area contributed by atoms with Crippen LogP contribution in [0.3, 0.4) is 0 Å². The third kappa shape index (κ3) is 4.46. The average Bonchev–Trinajstić information content (AvgIpc) is 2.63. The molecule has 18 heavy (non-hydrogen) atoms. The van der Waals surface area contributed by atoms with Crippen molar-refractivity contribution < 1.29 is 19.2 Å². The summed E-state index contributed by atoms with van der Waals surface area (Å²) in [6, 6.07) is 1.78.